The highest BCUT2D eigenvalue weighted by atomic mass is 19.4. The van der Waals surface area contributed by atoms with Crippen LogP contribution in [0.25, 0.3) is 11.1 Å². The van der Waals surface area contributed by atoms with Gasteiger partial charge in [-0.25, -0.2) is 0 Å². The van der Waals surface area contributed by atoms with E-state index in [0.717, 1.165) is 48.1 Å². The van der Waals surface area contributed by atoms with Crippen LogP contribution in [0.4, 0.5) is 13.2 Å². The van der Waals surface area contributed by atoms with Crippen molar-refractivity contribution in [3.05, 3.63) is 65.2 Å². The van der Waals surface area contributed by atoms with E-state index in [1.54, 1.807) is 7.11 Å². The molecule has 0 unspecified atom stereocenters. The lowest BCUT2D eigenvalue weighted by Crippen LogP contribution is -2.24. The lowest BCUT2D eigenvalue weighted by atomic mass is 9.77. The van der Waals surface area contributed by atoms with Gasteiger partial charge in [0.15, 0.2) is 5.78 Å². The molecule has 2 aromatic carbocycles. The van der Waals surface area contributed by atoms with Crippen molar-refractivity contribution in [1.29, 1.82) is 0 Å². The number of hydrogen-bond acceptors (Lipinski definition) is 2. The number of alkyl halides is 3. The molecule has 2 aromatic rings. The maximum Gasteiger partial charge on any atom is 0.416 e. The second-order valence-corrected chi connectivity index (χ2v) is 8.34. The average Bonchev–Trinajstić information content (AvgIpc) is 3.40. The maximum atomic E-state index is 13.5. The van der Waals surface area contributed by atoms with Crippen molar-refractivity contribution in [2.75, 3.05) is 7.11 Å². The molecule has 2 nitrogen and oxygen atoms in total. The number of ketones is 1. The molecule has 0 spiro atoms. The summed E-state index contributed by atoms with van der Waals surface area (Å²) in [6.07, 6.45) is -1.14. The van der Waals surface area contributed by atoms with Crippen LogP contribution in [0.1, 0.15) is 36.0 Å². The first-order chi connectivity index (χ1) is 13.9. The minimum absolute atomic E-state index is 0.0249. The average molecular weight is 398 g/mol. The molecule has 3 aliphatic carbocycles. The van der Waals surface area contributed by atoms with Crippen LogP contribution in [0.5, 0.6) is 5.75 Å². The van der Waals surface area contributed by atoms with Gasteiger partial charge in [0, 0.05) is 11.5 Å². The molecule has 2 saturated carbocycles. The number of carbonyl (C=O) groups is 1. The smallest absolute Gasteiger partial charge is 0.416 e. The number of halogens is 3. The van der Waals surface area contributed by atoms with Crippen molar-refractivity contribution in [3.63, 3.8) is 0 Å². The van der Waals surface area contributed by atoms with E-state index in [2.05, 4.69) is 0 Å². The number of fused-ring (bicyclic) bond motifs is 5. The predicted molar refractivity (Wildman–Crippen MR) is 104 cm³/mol. The van der Waals surface area contributed by atoms with Crippen molar-refractivity contribution in [3.8, 4) is 5.75 Å². The van der Waals surface area contributed by atoms with Gasteiger partial charge in [-0.15, -0.1) is 0 Å². The lowest BCUT2D eigenvalue weighted by molar-refractivity contribution is -0.137. The summed E-state index contributed by atoms with van der Waals surface area (Å²) in [6, 6.07) is 12.7. The number of benzene rings is 2. The molecule has 5 rings (SSSR count). The van der Waals surface area contributed by atoms with Gasteiger partial charge in [0.1, 0.15) is 5.75 Å². The maximum absolute atomic E-state index is 13.5. The Morgan fingerprint density at radius 2 is 1.45 bits per heavy atom. The summed E-state index contributed by atoms with van der Waals surface area (Å²) in [7, 11) is 1.59. The zero-order valence-corrected chi connectivity index (χ0v) is 16.0. The Bertz CT molecular complexity index is 986. The molecular weight excluding hydrogens is 377 g/mol. The van der Waals surface area contributed by atoms with Gasteiger partial charge < -0.3 is 4.74 Å². The summed E-state index contributed by atoms with van der Waals surface area (Å²) in [4.78, 5) is 13.5. The molecule has 0 amide bonds. The van der Waals surface area contributed by atoms with Gasteiger partial charge in [0.05, 0.1) is 12.7 Å². The van der Waals surface area contributed by atoms with Gasteiger partial charge >= 0.3 is 6.18 Å². The molecule has 2 fully saturated rings. The fourth-order valence-electron chi connectivity index (χ4n) is 5.78. The number of methoxy groups -OCH3 is 1. The summed E-state index contributed by atoms with van der Waals surface area (Å²) in [5, 5.41) is 0. The fourth-order valence-corrected chi connectivity index (χ4v) is 5.78. The highest BCUT2D eigenvalue weighted by Crippen LogP contribution is 2.62. The van der Waals surface area contributed by atoms with E-state index < -0.39 is 11.7 Å². The van der Waals surface area contributed by atoms with Crippen LogP contribution in [0.2, 0.25) is 0 Å². The molecule has 5 heteroatoms. The fraction of sp³-hybridized carbons (Fsp3) is 0.375. The highest BCUT2D eigenvalue weighted by Gasteiger charge is 2.57. The molecule has 29 heavy (non-hydrogen) atoms. The standard InChI is InChI=1S/C24H21F3O2/c1-29-18-10-6-14(7-11-18)21-19(13-4-8-17(9-5-13)24(25,26)27)20-15-2-3-16(12-15)22(20)23(21)28/h4-11,15-16,20,22H,2-3,12H2,1H3/t15-,16+,20-,22-/m1/s1. The summed E-state index contributed by atoms with van der Waals surface area (Å²) >= 11 is 0. The Kier molecular flexibility index (Phi) is 4.12. The van der Waals surface area contributed by atoms with Crippen LogP contribution >= 0.6 is 0 Å². The third-order valence-corrected chi connectivity index (χ3v) is 6.97. The van der Waals surface area contributed by atoms with Crippen molar-refractivity contribution < 1.29 is 22.7 Å². The lowest BCUT2D eigenvalue weighted by Gasteiger charge is -2.26. The first-order valence-electron chi connectivity index (χ1n) is 9.99. The molecule has 150 valence electrons. The largest absolute Gasteiger partial charge is 0.497 e. The van der Waals surface area contributed by atoms with Crippen LogP contribution in [0.3, 0.4) is 0 Å². The second kappa shape index (κ2) is 6.48. The van der Waals surface area contributed by atoms with Gasteiger partial charge in [-0.1, -0.05) is 24.3 Å². The van der Waals surface area contributed by atoms with Crippen LogP contribution in [-0.2, 0) is 11.0 Å². The third-order valence-electron chi connectivity index (χ3n) is 6.97. The molecule has 3 aliphatic rings. The van der Waals surface area contributed by atoms with E-state index in [9.17, 15) is 18.0 Å². The van der Waals surface area contributed by atoms with Gasteiger partial charge in [0.2, 0.25) is 0 Å². The first kappa shape index (κ1) is 18.5. The molecule has 4 atom stereocenters. The van der Waals surface area contributed by atoms with Crippen molar-refractivity contribution >= 4 is 16.9 Å². The Hall–Kier alpha value is -2.56. The Labute approximate surface area is 167 Å². The molecule has 0 aromatic heterocycles. The normalized spacial score (nSPS) is 28.2. The first-order valence-corrected chi connectivity index (χ1v) is 9.99. The van der Waals surface area contributed by atoms with Crippen LogP contribution in [0, 0.1) is 23.7 Å². The number of Topliss-reactive ketones (excluding diaryl/α,β-unsaturated/α-hetero) is 1. The molecule has 0 radical (unpaired) electrons. The second-order valence-electron chi connectivity index (χ2n) is 8.34. The van der Waals surface area contributed by atoms with E-state index in [0.29, 0.717) is 23.2 Å². The van der Waals surface area contributed by atoms with Crippen molar-refractivity contribution in [2.24, 2.45) is 23.7 Å². The predicted octanol–water partition coefficient (Wildman–Crippen LogP) is 5.87. The van der Waals surface area contributed by atoms with Crippen LogP contribution < -0.4 is 4.74 Å². The number of hydrogen-bond donors (Lipinski definition) is 0. The summed E-state index contributed by atoms with van der Waals surface area (Å²) in [5.41, 5.74) is 2.50. The summed E-state index contributed by atoms with van der Waals surface area (Å²) < 4.78 is 44.3. The molecular formula is C24H21F3O2. The Morgan fingerprint density at radius 3 is 2.03 bits per heavy atom. The van der Waals surface area contributed by atoms with E-state index in [1.807, 2.05) is 24.3 Å². The summed E-state index contributed by atoms with van der Waals surface area (Å²) in [5.74, 6) is 1.80. The van der Waals surface area contributed by atoms with E-state index >= 15 is 0 Å². The third kappa shape index (κ3) is 2.82. The zero-order chi connectivity index (χ0) is 20.3. The molecule has 2 bridgehead atoms. The van der Waals surface area contributed by atoms with Crippen LogP contribution in [-0.4, -0.2) is 12.9 Å². The van der Waals surface area contributed by atoms with Gasteiger partial charge in [-0.2, -0.15) is 13.2 Å². The summed E-state index contributed by atoms with van der Waals surface area (Å²) in [6.45, 7) is 0. The topological polar surface area (TPSA) is 26.3 Å². The number of rotatable bonds is 3. The van der Waals surface area contributed by atoms with Gasteiger partial charge in [0.25, 0.3) is 0 Å². The minimum Gasteiger partial charge on any atom is -0.497 e. The Balaban J connectivity index is 1.65. The zero-order valence-electron chi connectivity index (χ0n) is 16.0. The monoisotopic (exact) mass is 398 g/mol. The number of allylic oxidation sites excluding steroid dienone is 2. The molecule has 0 heterocycles. The van der Waals surface area contributed by atoms with Crippen LogP contribution in [0.15, 0.2) is 48.5 Å². The quantitative estimate of drug-likeness (QED) is 0.646. The van der Waals surface area contributed by atoms with Gasteiger partial charge in [-0.3, -0.25) is 4.79 Å². The number of ether oxygens (including phenoxy) is 1. The van der Waals surface area contributed by atoms with Crippen molar-refractivity contribution in [2.45, 2.75) is 25.4 Å². The molecule has 0 aliphatic heterocycles. The van der Waals surface area contributed by atoms with E-state index in [-0.39, 0.29) is 17.6 Å². The van der Waals surface area contributed by atoms with Gasteiger partial charge in [-0.05, 0) is 78.0 Å². The SMILES string of the molecule is COc1ccc(C2=C(c3ccc(C(F)(F)F)cc3)[C@H]3[C@@H]4CC[C@@H](C4)[C@H]3C2=O)cc1. The molecule has 0 saturated heterocycles. The highest BCUT2D eigenvalue weighted by molar-refractivity contribution is 6.32. The number of carbonyl (C=O) groups excluding carboxylic acids is 1. The minimum atomic E-state index is -4.37. The Morgan fingerprint density at radius 1 is 0.862 bits per heavy atom. The van der Waals surface area contributed by atoms with E-state index in [4.69, 9.17) is 4.74 Å². The van der Waals surface area contributed by atoms with E-state index in [1.165, 1.54) is 12.1 Å². The van der Waals surface area contributed by atoms with Crippen molar-refractivity contribution in [1.82, 2.24) is 0 Å². The molecule has 0 N–H and O–H groups in total.